The van der Waals surface area contributed by atoms with Gasteiger partial charge in [-0.1, -0.05) is 0 Å². The van der Waals surface area contributed by atoms with E-state index >= 15 is 0 Å². The van der Waals surface area contributed by atoms with Crippen LogP contribution in [0.4, 0.5) is 14.6 Å². The largest absolute Gasteiger partial charge is 0.431 e. The molecule has 0 bridgehead atoms. The number of alkyl halides is 2. The second kappa shape index (κ2) is 8.26. The van der Waals surface area contributed by atoms with Crippen molar-refractivity contribution in [3.8, 4) is 17.0 Å². The zero-order valence-corrected chi connectivity index (χ0v) is 18.7. The van der Waals surface area contributed by atoms with E-state index in [1.807, 2.05) is 0 Å². The molecule has 0 radical (unpaired) electrons. The lowest BCUT2D eigenvalue weighted by molar-refractivity contribution is -0.0494. The maximum Gasteiger partial charge on any atom is 0.387 e. The molecule has 3 aliphatic rings. The summed E-state index contributed by atoms with van der Waals surface area (Å²) in [6.07, 6.45) is 4.31. The quantitative estimate of drug-likeness (QED) is 0.723. The molecule has 5 atom stereocenters. The van der Waals surface area contributed by atoms with Crippen molar-refractivity contribution in [2.24, 2.45) is 11.8 Å². The van der Waals surface area contributed by atoms with Crippen LogP contribution in [-0.4, -0.2) is 58.1 Å². The van der Waals surface area contributed by atoms with Crippen LogP contribution < -0.4 is 10.5 Å². The first kappa shape index (κ1) is 21.6. The third-order valence-electron chi connectivity index (χ3n) is 7.20. The second-order valence-electron chi connectivity index (χ2n) is 9.63. The molecule has 2 saturated carbocycles. The average molecular weight is 448 g/mol. The topological polar surface area (TPSA) is 78.4 Å². The minimum atomic E-state index is -2.95. The summed E-state index contributed by atoms with van der Waals surface area (Å²) in [6, 6.07) is 4.44. The number of halogens is 2. The fraction of sp³-hybridized carbons (Fsp3) is 0.652. The van der Waals surface area contributed by atoms with Crippen molar-refractivity contribution in [3.05, 3.63) is 24.0 Å². The molecule has 9 heteroatoms. The van der Waals surface area contributed by atoms with Gasteiger partial charge < -0.3 is 15.2 Å². The normalized spacial score (nSPS) is 30.2. The number of nitrogen functional groups attached to an aromatic ring is 1. The summed E-state index contributed by atoms with van der Waals surface area (Å²) in [6.45, 7) is 6.30. The molecule has 1 saturated heterocycles. The van der Waals surface area contributed by atoms with Gasteiger partial charge in [-0.3, -0.25) is 9.58 Å². The summed E-state index contributed by atoms with van der Waals surface area (Å²) >= 11 is 0. The summed E-state index contributed by atoms with van der Waals surface area (Å²) in [4.78, 5) is 6.64. The van der Waals surface area contributed by atoms with Crippen molar-refractivity contribution in [1.82, 2.24) is 19.7 Å². The Labute approximate surface area is 186 Å². The molecule has 3 heterocycles. The maximum atomic E-state index is 12.7. The molecular weight excluding hydrogens is 416 g/mol. The van der Waals surface area contributed by atoms with Crippen LogP contribution in [0.15, 0.2) is 18.3 Å². The summed E-state index contributed by atoms with van der Waals surface area (Å²) in [7, 11) is 0. The molecule has 7 nitrogen and oxygen atoms in total. The Morgan fingerprint density at radius 1 is 1.22 bits per heavy atom. The highest BCUT2D eigenvalue weighted by Crippen LogP contribution is 2.64. The maximum absolute atomic E-state index is 12.7. The van der Waals surface area contributed by atoms with Gasteiger partial charge in [-0.05, 0) is 57.6 Å². The lowest BCUT2D eigenvalue weighted by Crippen LogP contribution is -2.46. The number of anilines is 1. The summed E-state index contributed by atoms with van der Waals surface area (Å²) in [5, 5.41) is 4.80. The van der Waals surface area contributed by atoms with Crippen molar-refractivity contribution in [3.63, 3.8) is 0 Å². The predicted octanol–water partition coefficient (Wildman–Crippen LogP) is 3.92. The molecule has 0 amide bonds. The SMILES string of the molecule is CC(C)n1nc(-c2cnc(N)c(OC(F)F)c2)cc1[C@H]1[C@@H]2C[C@H](N3CCO[C@H](C)C3)C[C@@H]21. The smallest absolute Gasteiger partial charge is 0.387 e. The van der Waals surface area contributed by atoms with E-state index in [0.29, 0.717) is 41.2 Å². The zero-order valence-electron chi connectivity index (χ0n) is 18.7. The Morgan fingerprint density at radius 3 is 2.62 bits per heavy atom. The van der Waals surface area contributed by atoms with Crippen LogP contribution in [0, 0.1) is 11.8 Å². The van der Waals surface area contributed by atoms with Gasteiger partial charge in [0, 0.05) is 48.5 Å². The summed E-state index contributed by atoms with van der Waals surface area (Å²) in [5.41, 5.74) is 8.26. The molecule has 2 aromatic rings. The Kier molecular flexibility index (Phi) is 5.57. The van der Waals surface area contributed by atoms with Crippen LogP contribution in [0.25, 0.3) is 11.3 Å². The molecule has 2 N–H and O–H groups in total. The number of hydrogen-bond donors (Lipinski definition) is 1. The molecule has 1 aliphatic heterocycles. The number of nitrogens with zero attached hydrogens (tertiary/aromatic N) is 4. The van der Waals surface area contributed by atoms with Crippen LogP contribution in [0.2, 0.25) is 0 Å². The van der Waals surface area contributed by atoms with E-state index in [4.69, 9.17) is 15.6 Å². The minimum absolute atomic E-state index is 0.0576. The van der Waals surface area contributed by atoms with E-state index in [9.17, 15) is 8.78 Å². The van der Waals surface area contributed by atoms with E-state index in [-0.39, 0.29) is 17.6 Å². The highest BCUT2D eigenvalue weighted by molar-refractivity contribution is 5.64. The van der Waals surface area contributed by atoms with E-state index in [2.05, 4.69) is 46.1 Å². The monoisotopic (exact) mass is 447 g/mol. The Morgan fingerprint density at radius 2 is 1.97 bits per heavy atom. The molecule has 2 aromatic heterocycles. The second-order valence-corrected chi connectivity index (χ2v) is 9.63. The van der Waals surface area contributed by atoms with Crippen molar-refractivity contribution >= 4 is 5.82 Å². The molecule has 0 spiro atoms. The van der Waals surface area contributed by atoms with Crippen molar-refractivity contribution in [1.29, 1.82) is 0 Å². The fourth-order valence-electron chi connectivity index (χ4n) is 5.72. The van der Waals surface area contributed by atoms with E-state index in [1.54, 1.807) is 6.20 Å². The van der Waals surface area contributed by atoms with Gasteiger partial charge in [-0.2, -0.15) is 13.9 Å². The van der Waals surface area contributed by atoms with Gasteiger partial charge in [0.25, 0.3) is 0 Å². The number of ether oxygens (including phenoxy) is 2. The molecule has 32 heavy (non-hydrogen) atoms. The molecule has 174 valence electrons. The molecule has 3 fully saturated rings. The van der Waals surface area contributed by atoms with Crippen LogP contribution in [-0.2, 0) is 4.74 Å². The summed E-state index contributed by atoms with van der Waals surface area (Å²) in [5.74, 6) is 1.69. The minimum Gasteiger partial charge on any atom is -0.431 e. The first-order valence-electron chi connectivity index (χ1n) is 11.5. The third kappa shape index (κ3) is 3.96. The standard InChI is InChI=1S/C23H31F2N5O2/c1-12(2)30-19(9-18(28-30)14-6-20(32-23(24)25)22(26)27-10-14)21-16-7-15(8-17(16)21)29-4-5-31-13(3)11-29/h6,9-10,12-13,15-17,21,23H,4-5,7-8,11H2,1-3H3,(H2,26,27)/t13-,15-,16+,17-,21-/m1/s1. The van der Waals surface area contributed by atoms with Crippen LogP contribution in [0.5, 0.6) is 5.75 Å². The Bertz CT molecular complexity index is 969. The Balaban J connectivity index is 1.35. The number of hydrogen-bond acceptors (Lipinski definition) is 6. The van der Waals surface area contributed by atoms with E-state index in [0.717, 1.165) is 19.7 Å². The number of aromatic nitrogens is 3. The zero-order chi connectivity index (χ0) is 22.6. The van der Waals surface area contributed by atoms with Gasteiger partial charge in [0.1, 0.15) is 0 Å². The lowest BCUT2D eigenvalue weighted by atomic mass is 10.0. The number of nitrogens with two attached hydrogens (primary N) is 1. The highest BCUT2D eigenvalue weighted by Gasteiger charge is 2.58. The van der Waals surface area contributed by atoms with Gasteiger partial charge >= 0.3 is 6.61 Å². The summed E-state index contributed by atoms with van der Waals surface area (Å²) < 4.78 is 37.7. The molecular formula is C23H31F2N5O2. The molecule has 2 aliphatic carbocycles. The number of fused-ring (bicyclic) bond motifs is 1. The van der Waals surface area contributed by atoms with Crippen LogP contribution >= 0.6 is 0 Å². The van der Waals surface area contributed by atoms with Crippen LogP contribution in [0.1, 0.15) is 51.3 Å². The van der Waals surface area contributed by atoms with Crippen molar-refractivity contribution < 1.29 is 18.3 Å². The van der Waals surface area contributed by atoms with Gasteiger partial charge in [0.15, 0.2) is 11.6 Å². The fourth-order valence-corrected chi connectivity index (χ4v) is 5.72. The Hall–Kier alpha value is -2.26. The third-order valence-corrected chi connectivity index (χ3v) is 7.20. The lowest BCUT2D eigenvalue weighted by Gasteiger charge is -2.36. The van der Waals surface area contributed by atoms with E-state index in [1.165, 1.54) is 24.6 Å². The highest BCUT2D eigenvalue weighted by atomic mass is 19.3. The molecule has 5 rings (SSSR count). The molecule has 0 aromatic carbocycles. The van der Waals surface area contributed by atoms with Crippen molar-refractivity contribution in [2.45, 2.75) is 64.3 Å². The first-order chi connectivity index (χ1) is 15.3. The number of rotatable bonds is 6. The van der Waals surface area contributed by atoms with Gasteiger partial charge in [-0.15, -0.1) is 0 Å². The predicted molar refractivity (Wildman–Crippen MR) is 117 cm³/mol. The van der Waals surface area contributed by atoms with Gasteiger partial charge in [-0.25, -0.2) is 4.98 Å². The van der Waals surface area contributed by atoms with Gasteiger partial charge in [0.2, 0.25) is 0 Å². The average Bonchev–Trinajstić information content (AvgIpc) is 3.08. The van der Waals surface area contributed by atoms with Crippen LogP contribution in [0.3, 0.4) is 0 Å². The van der Waals surface area contributed by atoms with Gasteiger partial charge in [0.05, 0.1) is 18.4 Å². The number of morpholine rings is 1. The van der Waals surface area contributed by atoms with Crippen molar-refractivity contribution in [2.75, 3.05) is 25.4 Å². The van der Waals surface area contributed by atoms with E-state index < -0.39 is 6.61 Å². The molecule has 0 unspecified atom stereocenters. The number of pyridine rings is 1. The first-order valence-corrected chi connectivity index (χ1v) is 11.5.